The van der Waals surface area contributed by atoms with Gasteiger partial charge in [-0.05, 0) is 13.8 Å². The minimum Gasteiger partial charge on any atom is -0.301 e. The molecule has 0 aromatic heterocycles. The lowest BCUT2D eigenvalue weighted by atomic mass is 10.4. The largest absolute Gasteiger partial charge is 0.301 e. The average molecular weight is 104 g/mol. The van der Waals surface area contributed by atoms with Crippen LogP contribution in [-0.4, -0.2) is 18.8 Å². The number of nitrogens with one attached hydrogen (secondary N) is 2. The van der Waals surface area contributed by atoms with Crippen molar-refractivity contribution in [3.63, 3.8) is 0 Å². The van der Waals surface area contributed by atoms with Gasteiger partial charge in [0, 0.05) is 15.4 Å². The Labute approximate surface area is 47.3 Å². The highest BCUT2D eigenvalue weighted by molar-refractivity contribution is 4.75. The van der Waals surface area contributed by atoms with Crippen LogP contribution in [0.4, 0.5) is 0 Å². The topological polar surface area (TPSA) is 24.1 Å². The van der Waals surface area contributed by atoms with E-state index in [2.05, 4.69) is 24.5 Å². The fourth-order valence-electron chi connectivity index (χ4n) is 0.898. The molecule has 1 saturated heterocycles. The van der Waals surface area contributed by atoms with E-state index in [0.29, 0.717) is 12.2 Å². The van der Waals surface area contributed by atoms with Crippen molar-refractivity contribution in [1.82, 2.24) is 10.6 Å². The van der Waals surface area contributed by atoms with Crippen molar-refractivity contribution in [3.8, 4) is 0 Å². The van der Waals surface area contributed by atoms with Gasteiger partial charge < -0.3 is 5.32 Å². The normalized spacial score (nSPS) is 42.0. The Morgan fingerprint density at radius 2 is 2.29 bits per heavy atom. The van der Waals surface area contributed by atoms with Gasteiger partial charge in [0.25, 0.3) is 0 Å². The van der Waals surface area contributed by atoms with Gasteiger partial charge in [-0.25, -0.2) is 0 Å². The van der Waals surface area contributed by atoms with E-state index in [-0.39, 0.29) is 2.85 Å². The van der Waals surface area contributed by atoms with Gasteiger partial charge in [0.1, 0.15) is 0 Å². The molecule has 1 fully saturated rings. The van der Waals surface area contributed by atoms with Crippen LogP contribution >= 0.6 is 0 Å². The summed E-state index contributed by atoms with van der Waals surface area (Å²) in [5.74, 6) is 0. The first-order chi connectivity index (χ1) is 3.29. The maximum absolute atomic E-state index is 3.31. The molecule has 0 amide bonds. The minimum absolute atomic E-state index is 0. The molecule has 1 aliphatic heterocycles. The van der Waals surface area contributed by atoms with Crippen molar-refractivity contribution in [1.29, 1.82) is 0 Å². The van der Waals surface area contributed by atoms with Crippen LogP contribution in [0, 0.1) is 0 Å². The van der Waals surface area contributed by atoms with Crippen molar-refractivity contribution in [3.05, 3.63) is 0 Å². The molecule has 2 unspecified atom stereocenters. The summed E-state index contributed by atoms with van der Waals surface area (Å²) in [4.78, 5) is 0. The lowest BCUT2D eigenvalue weighted by molar-refractivity contribution is 0.576. The van der Waals surface area contributed by atoms with Crippen LogP contribution in [0.5, 0.6) is 0 Å². The summed E-state index contributed by atoms with van der Waals surface area (Å²) >= 11 is 0. The van der Waals surface area contributed by atoms with Crippen LogP contribution in [0.2, 0.25) is 0 Å². The van der Waals surface area contributed by atoms with Crippen molar-refractivity contribution in [2.24, 2.45) is 0 Å². The highest BCUT2D eigenvalue weighted by Crippen LogP contribution is 1.89. The van der Waals surface area contributed by atoms with Gasteiger partial charge in [-0.15, -0.1) is 0 Å². The third-order valence-corrected chi connectivity index (χ3v) is 1.26. The molecule has 2 heteroatoms. The second-order valence-corrected chi connectivity index (χ2v) is 2.20. The van der Waals surface area contributed by atoms with Crippen molar-refractivity contribution >= 4 is 0 Å². The van der Waals surface area contributed by atoms with Gasteiger partial charge >= 0.3 is 0 Å². The molecule has 0 radical (unpaired) electrons. The summed E-state index contributed by atoms with van der Waals surface area (Å²) < 4.78 is 0. The van der Waals surface area contributed by atoms with E-state index < -0.39 is 0 Å². The summed E-state index contributed by atoms with van der Waals surface area (Å²) in [5.41, 5.74) is 0. The molecule has 1 aliphatic rings. The Kier molecular flexibility index (Phi) is 1.30. The molecule has 2 nitrogen and oxygen atoms in total. The molecular formula is C5H16N2. The predicted molar refractivity (Wildman–Crippen MR) is 34.3 cm³/mol. The lowest BCUT2D eigenvalue weighted by Crippen LogP contribution is -2.28. The van der Waals surface area contributed by atoms with Crippen molar-refractivity contribution < 1.29 is 2.85 Å². The quantitative estimate of drug-likeness (QED) is 0.465. The third kappa shape index (κ3) is 1.14. The van der Waals surface area contributed by atoms with Gasteiger partial charge in [-0.1, -0.05) is 0 Å². The van der Waals surface area contributed by atoms with Gasteiger partial charge in [0.2, 0.25) is 0 Å². The second-order valence-electron chi connectivity index (χ2n) is 2.20. The molecule has 0 aliphatic carbocycles. The number of hydrogen-bond acceptors (Lipinski definition) is 2. The van der Waals surface area contributed by atoms with Crippen LogP contribution < -0.4 is 10.6 Å². The zero-order valence-corrected chi connectivity index (χ0v) is 4.86. The third-order valence-electron chi connectivity index (χ3n) is 1.26. The van der Waals surface area contributed by atoms with Gasteiger partial charge in [-0.2, -0.15) is 0 Å². The Hall–Kier alpha value is -0.0800. The summed E-state index contributed by atoms with van der Waals surface area (Å²) in [5, 5.41) is 6.56. The lowest BCUT2D eigenvalue weighted by Gasteiger charge is -2.00. The summed E-state index contributed by atoms with van der Waals surface area (Å²) in [6, 6.07) is 0.662. The number of rotatable bonds is 0. The summed E-state index contributed by atoms with van der Waals surface area (Å²) in [7, 11) is 0. The van der Waals surface area contributed by atoms with E-state index in [1.54, 1.807) is 0 Å². The molecule has 46 valence electrons. The monoisotopic (exact) mass is 104 g/mol. The van der Waals surface area contributed by atoms with Gasteiger partial charge in [-0.3, -0.25) is 5.32 Å². The molecule has 1 rings (SSSR count). The van der Waals surface area contributed by atoms with Crippen LogP contribution in [0.25, 0.3) is 0 Å². The average Bonchev–Trinajstić information content (AvgIpc) is 1.87. The van der Waals surface area contributed by atoms with E-state index in [9.17, 15) is 0 Å². The van der Waals surface area contributed by atoms with E-state index >= 15 is 0 Å². The van der Waals surface area contributed by atoms with Crippen LogP contribution in [-0.2, 0) is 0 Å². The zero-order valence-electron chi connectivity index (χ0n) is 4.86. The zero-order chi connectivity index (χ0) is 5.28. The molecule has 0 bridgehead atoms. The molecule has 7 heavy (non-hydrogen) atoms. The maximum Gasteiger partial charge on any atom is 0.0545 e. The molecule has 2 atom stereocenters. The molecule has 0 spiro atoms. The smallest absolute Gasteiger partial charge is 0.0545 e. The molecule has 1 heterocycles. The van der Waals surface area contributed by atoms with E-state index in [1.165, 1.54) is 0 Å². The van der Waals surface area contributed by atoms with E-state index in [1.807, 2.05) is 0 Å². The SMILES string of the molecule is CC1CNC(C)N1.[HH].[HH]. The van der Waals surface area contributed by atoms with Crippen molar-refractivity contribution in [2.45, 2.75) is 26.1 Å². The fraction of sp³-hybridized carbons (Fsp3) is 1.00. The van der Waals surface area contributed by atoms with Gasteiger partial charge in [0.15, 0.2) is 0 Å². The van der Waals surface area contributed by atoms with Crippen LogP contribution in [0.3, 0.4) is 0 Å². The summed E-state index contributed by atoms with van der Waals surface area (Å²) in [6.07, 6.45) is 0.523. The Morgan fingerprint density at radius 1 is 1.57 bits per heavy atom. The Balaban J connectivity index is 0. The van der Waals surface area contributed by atoms with Crippen LogP contribution in [0.15, 0.2) is 0 Å². The fourth-order valence-corrected chi connectivity index (χ4v) is 0.898. The first kappa shape index (κ1) is 5.06. The Morgan fingerprint density at radius 3 is 2.43 bits per heavy atom. The molecule has 2 N–H and O–H groups in total. The van der Waals surface area contributed by atoms with Crippen LogP contribution in [0.1, 0.15) is 16.7 Å². The van der Waals surface area contributed by atoms with E-state index in [0.717, 1.165) is 6.54 Å². The maximum atomic E-state index is 3.31. The highest BCUT2D eigenvalue weighted by Gasteiger charge is 2.12. The van der Waals surface area contributed by atoms with Gasteiger partial charge in [0.05, 0.1) is 6.17 Å². The predicted octanol–water partition coefficient (Wildman–Crippen LogP) is 0.406. The minimum atomic E-state index is 0. The first-order valence-electron chi connectivity index (χ1n) is 2.78. The standard InChI is InChI=1S/C5H12N2.2H2/c1-4-3-6-5(2)7-4;;/h4-7H,3H2,1-2H3;2*1H. The molecular weight excluding hydrogens is 88.1 g/mol. The molecule has 0 aromatic rings. The van der Waals surface area contributed by atoms with Crippen molar-refractivity contribution in [2.75, 3.05) is 6.54 Å². The molecule has 0 saturated carbocycles. The Bertz CT molecular complexity index is 62.0. The van der Waals surface area contributed by atoms with E-state index in [4.69, 9.17) is 0 Å². The number of hydrogen-bond donors (Lipinski definition) is 2. The molecule has 0 aromatic carbocycles. The first-order valence-corrected chi connectivity index (χ1v) is 2.78. The summed E-state index contributed by atoms with van der Waals surface area (Å²) in [6.45, 7) is 5.42. The highest BCUT2D eigenvalue weighted by atomic mass is 15.2. The second kappa shape index (κ2) is 1.80.